The van der Waals surface area contributed by atoms with Gasteiger partial charge in [-0.1, -0.05) is 0 Å². The molecule has 30 heavy (non-hydrogen) atoms. The minimum atomic E-state index is -0.487. The van der Waals surface area contributed by atoms with Gasteiger partial charge in [0.2, 0.25) is 0 Å². The molecule has 1 unspecified atom stereocenters. The topological polar surface area (TPSA) is 115 Å². The number of nitrogens with zero attached hydrogens (tertiary/aromatic N) is 4. The Hall–Kier alpha value is -1.63. The zero-order valence-corrected chi connectivity index (χ0v) is 21.0. The molecule has 0 saturated carbocycles. The van der Waals surface area contributed by atoms with E-state index in [9.17, 15) is 4.79 Å². The Morgan fingerprint density at radius 1 is 1.33 bits per heavy atom. The summed E-state index contributed by atoms with van der Waals surface area (Å²) in [5, 5.41) is 14.0. The van der Waals surface area contributed by atoms with E-state index >= 15 is 0 Å². The van der Waals surface area contributed by atoms with Gasteiger partial charge in [-0.05, 0) is 40.5 Å². The molecular weight excluding hydrogens is 501 g/mol. The van der Waals surface area contributed by atoms with E-state index < -0.39 is 11.7 Å². The number of aromatic nitrogens is 3. The summed E-state index contributed by atoms with van der Waals surface area (Å²) in [6.07, 6.45) is 2.17. The van der Waals surface area contributed by atoms with Crippen molar-refractivity contribution in [2.75, 3.05) is 26.7 Å². The van der Waals surface area contributed by atoms with Gasteiger partial charge in [0.15, 0.2) is 11.8 Å². The van der Waals surface area contributed by atoms with Crippen LogP contribution in [-0.2, 0) is 29.0 Å². The summed E-state index contributed by atoms with van der Waals surface area (Å²) >= 11 is 0. The van der Waals surface area contributed by atoms with E-state index in [0.717, 1.165) is 50.0 Å². The lowest BCUT2D eigenvalue weighted by Gasteiger charge is -2.25. The number of aryl methyl sites for hydroxylation is 1. The third kappa shape index (κ3) is 9.45. The molecule has 11 heteroatoms. The molecule has 0 aliphatic carbocycles. The van der Waals surface area contributed by atoms with Crippen LogP contribution >= 0.6 is 24.0 Å². The van der Waals surface area contributed by atoms with E-state index in [1.54, 1.807) is 7.11 Å². The predicted molar refractivity (Wildman–Crippen MR) is 126 cm³/mol. The lowest BCUT2D eigenvalue weighted by Crippen LogP contribution is -2.47. The van der Waals surface area contributed by atoms with Crippen LogP contribution in [0.15, 0.2) is 4.99 Å². The maximum atomic E-state index is 11.6. The second-order valence-electron chi connectivity index (χ2n) is 7.98. The molecule has 0 fully saturated rings. The van der Waals surface area contributed by atoms with Crippen molar-refractivity contribution in [3.05, 3.63) is 11.6 Å². The number of alkyl carbamates (subject to hydrolysis) is 1. The van der Waals surface area contributed by atoms with E-state index in [1.165, 1.54) is 0 Å². The molecule has 2 heterocycles. The standard InChI is InChI=1S/C19H35N7O3.HI/c1-6-20-17(21-10-7-11-22-18(27)29-19(2,3)4)23-14-8-9-16-24-15(13-28-5)25-26(16)12-14;/h14H,6-13H2,1-5H3,(H,22,27)(H2,20,21,23);1H. The van der Waals surface area contributed by atoms with Crippen molar-refractivity contribution < 1.29 is 14.3 Å². The number of hydrogen-bond donors (Lipinski definition) is 3. The molecule has 3 N–H and O–H groups in total. The van der Waals surface area contributed by atoms with Gasteiger partial charge in [-0.2, -0.15) is 5.10 Å². The lowest BCUT2D eigenvalue weighted by atomic mass is 10.1. The predicted octanol–water partition coefficient (Wildman–Crippen LogP) is 1.83. The van der Waals surface area contributed by atoms with Crippen LogP contribution in [0.1, 0.15) is 52.2 Å². The van der Waals surface area contributed by atoms with Crippen molar-refractivity contribution in [2.24, 2.45) is 4.99 Å². The third-order valence-corrected chi connectivity index (χ3v) is 4.13. The molecule has 0 aromatic carbocycles. The minimum absolute atomic E-state index is 0. The second kappa shape index (κ2) is 12.9. The van der Waals surface area contributed by atoms with E-state index in [0.29, 0.717) is 19.7 Å². The molecule has 1 aliphatic rings. The Labute approximate surface area is 196 Å². The van der Waals surface area contributed by atoms with Gasteiger partial charge >= 0.3 is 6.09 Å². The summed E-state index contributed by atoms with van der Waals surface area (Å²) < 4.78 is 12.3. The Kier molecular flexibility index (Phi) is 11.4. The molecule has 10 nitrogen and oxygen atoms in total. The molecule has 0 spiro atoms. The Morgan fingerprint density at radius 2 is 2.10 bits per heavy atom. The molecule has 172 valence electrons. The lowest BCUT2D eigenvalue weighted by molar-refractivity contribution is 0.0527. The molecule has 2 rings (SSSR count). The number of nitrogens with one attached hydrogen (secondary N) is 3. The fraction of sp³-hybridized carbons (Fsp3) is 0.789. The van der Waals surface area contributed by atoms with Crippen LogP contribution in [0.2, 0.25) is 0 Å². The van der Waals surface area contributed by atoms with Crippen LogP contribution in [0.25, 0.3) is 0 Å². The molecule has 1 aliphatic heterocycles. The summed E-state index contributed by atoms with van der Waals surface area (Å²) in [5.74, 6) is 2.50. The molecule has 0 saturated heterocycles. The number of rotatable bonds is 8. The van der Waals surface area contributed by atoms with Crippen LogP contribution in [0, 0.1) is 0 Å². The first-order valence-electron chi connectivity index (χ1n) is 10.2. The van der Waals surface area contributed by atoms with E-state index in [-0.39, 0.29) is 30.0 Å². The van der Waals surface area contributed by atoms with Crippen LogP contribution in [-0.4, -0.2) is 65.2 Å². The van der Waals surface area contributed by atoms with Gasteiger partial charge in [-0.15, -0.1) is 24.0 Å². The summed E-state index contributed by atoms with van der Waals surface area (Å²) in [6.45, 7) is 10.6. The number of hydrogen-bond acceptors (Lipinski definition) is 6. The van der Waals surface area contributed by atoms with E-state index in [4.69, 9.17) is 9.47 Å². The minimum Gasteiger partial charge on any atom is -0.444 e. The van der Waals surface area contributed by atoms with Crippen LogP contribution < -0.4 is 16.0 Å². The van der Waals surface area contributed by atoms with Crippen LogP contribution in [0.5, 0.6) is 0 Å². The largest absolute Gasteiger partial charge is 0.444 e. The fourth-order valence-corrected chi connectivity index (χ4v) is 2.96. The SMILES string of the molecule is CCNC(=NCCCNC(=O)OC(C)(C)C)NC1CCc2nc(COC)nn2C1.I. The van der Waals surface area contributed by atoms with E-state index in [2.05, 4.69) is 31.0 Å². The highest BCUT2D eigenvalue weighted by atomic mass is 127. The number of aliphatic imine (C=N–C) groups is 1. The molecule has 1 amide bonds. The highest BCUT2D eigenvalue weighted by molar-refractivity contribution is 14.0. The number of methoxy groups -OCH3 is 1. The quantitative estimate of drug-likeness (QED) is 0.201. The van der Waals surface area contributed by atoms with Crippen molar-refractivity contribution in [3.63, 3.8) is 0 Å². The van der Waals surface area contributed by atoms with Crippen molar-refractivity contribution in [1.82, 2.24) is 30.7 Å². The molecule has 0 bridgehead atoms. The molecule has 1 aromatic heterocycles. The number of carbonyl (C=O) groups is 1. The van der Waals surface area contributed by atoms with Crippen LogP contribution in [0.4, 0.5) is 4.79 Å². The smallest absolute Gasteiger partial charge is 0.407 e. The Morgan fingerprint density at radius 3 is 2.77 bits per heavy atom. The maximum absolute atomic E-state index is 11.6. The molecular formula is C19H36IN7O3. The van der Waals surface area contributed by atoms with Gasteiger partial charge in [0, 0.05) is 39.2 Å². The maximum Gasteiger partial charge on any atom is 0.407 e. The van der Waals surface area contributed by atoms with Crippen molar-refractivity contribution in [1.29, 1.82) is 0 Å². The van der Waals surface area contributed by atoms with Gasteiger partial charge < -0.3 is 25.4 Å². The summed E-state index contributed by atoms with van der Waals surface area (Å²) in [7, 11) is 1.65. The number of guanidine groups is 1. The highest BCUT2D eigenvalue weighted by Crippen LogP contribution is 2.13. The number of carbonyl (C=O) groups excluding carboxylic acids is 1. The molecule has 1 aromatic rings. The average molecular weight is 537 g/mol. The van der Waals surface area contributed by atoms with Crippen LogP contribution in [0.3, 0.4) is 0 Å². The first-order valence-corrected chi connectivity index (χ1v) is 10.2. The molecule has 1 atom stereocenters. The third-order valence-electron chi connectivity index (χ3n) is 4.13. The zero-order valence-electron chi connectivity index (χ0n) is 18.7. The number of amides is 1. The van der Waals surface area contributed by atoms with Gasteiger partial charge in [-0.3, -0.25) is 4.99 Å². The summed E-state index contributed by atoms with van der Waals surface area (Å²) in [6, 6.07) is 0.234. The van der Waals surface area contributed by atoms with Crippen molar-refractivity contribution in [3.8, 4) is 0 Å². The second-order valence-corrected chi connectivity index (χ2v) is 7.98. The first-order chi connectivity index (χ1) is 13.8. The first kappa shape index (κ1) is 26.4. The summed E-state index contributed by atoms with van der Waals surface area (Å²) in [4.78, 5) is 20.8. The zero-order chi connectivity index (χ0) is 21.3. The van der Waals surface area contributed by atoms with E-state index in [1.807, 2.05) is 32.4 Å². The number of ether oxygens (including phenoxy) is 2. The van der Waals surface area contributed by atoms with Crippen molar-refractivity contribution in [2.45, 2.75) is 71.8 Å². The van der Waals surface area contributed by atoms with Gasteiger partial charge in [0.25, 0.3) is 0 Å². The normalized spacial score (nSPS) is 16.3. The van der Waals surface area contributed by atoms with Crippen molar-refractivity contribution >= 4 is 36.0 Å². The summed E-state index contributed by atoms with van der Waals surface area (Å²) in [5.41, 5.74) is -0.487. The van der Waals surface area contributed by atoms with Gasteiger partial charge in [0.1, 0.15) is 18.0 Å². The fourth-order valence-electron chi connectivity index (χ4n) is 2.96. The van der Waals surface area contributed by atoms with Gasteiger partial charge in [0.05, 0.1) is 6.54 Å². The number of fused-ring (bicyclic) bond motifs is 1. The average Bonchev–Trinajstić information content (AvgIpc) is 3.02. The highest BCUT2D eigenvalue weighted by Gasteiger charge is 2.22. The van der Waals surface area contributed by atoms with Gasteiger partial charge in [-0.25, -0.2) is 14.5 Å². The molecule has 0 radical (unpaired) electrons. The number of halogens is 1. The monoisotopic (exact) mass is 537 g/mol. The Balaban J connectivity index is 0.00000450. The Bertz CT molecular complexity index is 688.